The molecule has 0 aliphatic rings. The molecule has 0 spiro atoms. The number of ether oxygens (including phenoxy) is 1. The van der Waals surface area contributed by atoms with E-state index in [2.05, 4.69) is 4.74 Å². The Balaban J connectivity index is 3.09. The Kier molecular flexibility index (Phi) is 5.15. The van der Waals surface area contributed by atoms with Crippen molar-refractivity contribution in [3.63, 3.8) is 0 Å². The third-order valence-corrected chi connectivity index (χ3v) is 3.14. The summed E-state index contributed by atoms with van der Waals surface area (Å²) in [4.78, 5) is 0. The van der Waals surface area contributed by atoms with Crippen LogP contribution < -0.4 is 0 Å². The lowest BCUT2D eigenvalue weighted by atomic mass is 9.98. The molecule has 0 fully saturated rings. The van der Waals surface area contributed by atoms with Gasteiger partial charge in [0.25, 0.3) is 0 Å². The van der Waals surface area contributed by atoms with Crippen LogP contribution in [0.25, 0.3) is 0 Å². The maximum Gasteiger partial charge on any atom is 0.459 e. The third kappa shape index (κ3) is 3.60. The van der Waals surface area contributed by atoms with Gasteiger partial charge in [0.15, 0.2) is 0 Å². The summed E-state index contributed by atoms with van der Waals surface area (Å²) in [6, 6.07) is 5.30. The smallest absolute Gasteiger partial charge is 0.376 e. The van der Waals surface area contributed by atoms with Gasteiger partial charge in [-0.15, -0.1) is 0 Å². The Labute approximate surface area is 120 Å². The molecule has 21 heavy (non-hydrogen) atoms. The van der Waals surface area contributed by atoms with E-state index < -0.39 is 30.5 Å². The molecular formula is C12H10ClF7O. The average Bonchev–Trinajstić information content (AvgIpc) is 2.35. The van der Waals surface area contributed by atoms with Crippen LogP contribution in [-0.4, -0.2) is 25.1 Å². The molecule has 1 unspecified atom stereocenters. The van der Waals surface area contributed by atoms with Gasteiger partial charge in [0.2, 0.25) is 0 Å². The number of hydrogen-bond donors (Lipinski definition) is 0. The highest BCUT2D eigenvalue weighted by Crippen LogP contribution is 2.50. The van der Waals surface area contributed by atoms with Gasteiger partial charge >= 0.3 is 18.0 Å². The minimum absolute atomic E-state index is 0.0736. The van der Waals surface area contributed by atoms with E-state index in [0.717, 1.165) is 7.11 Å². The SMILES string of the molecule is COC(CC(F)(F)C(F)(F)C(F)(F)F)c1ccccc1Cl. The van der Waals surface area contributed by atoms with Crippen molar-refractivity contribution in [1.29, 1.82) is 0 Å². The second kappa shape index (κ2) is 6.00. The van der Waals surface area contributed by atoms with Crippen LogP contribution in [0.5, 0.6) is 0 Å². The molecule has 0 aromatic heterocycles. The summed E-state index contributed by atoms with van der Waals surface area (Å²) in [6.45, 7) is 0. The van der Waals surface area contributed by atoms with Gasteiger partial charge in [-0.25, -0.2) is 0 Å². The molecule has 0 bridgehead atoms. The number of methoxy groups -OCH3 is 1. The van der Waals surface area contributed by atoms with Gasteiger partial charge in [0, 0.05) is 18.6 Å². The number of hydrogen-bond acceptors (Lipinski definition) is 1. The van der Waals surface area contributed by atoms with E-state index in [9.17, 15) is 30.7 Å². The first kappa shape index (κ1) is 18.0. The van der Waals surface area contributed by atoms with Crippen LogP contribution in [0.15, 0.2) is 24.3 Å². The van der Waals surface area contributed by atoms with Gasteiger partial charge < -0.3 is 4.74 Å². The van der Waals surface area contributed by atoms with Gasteiger partial charge in [0.05, 0.1) is 6.10 Å². The second-order valence-electron chi connectivity index (χ2n) is 4.23. The minimum Gasteiger partial charge on any atom is -0.376 e. The van der Waals surface area contributed by atoms with E-state index >= 15 is 0 Å². The van der Waals surface area contributed by atoms with Crippen molar-refractivity contribution < 1.29 is 35.5 Å². The Morgan fingerprint density at radius 1 is 1.05 bits per heavy atom. The van der Waals surface area contributed by atoms with Gasteiger partial charge in [0.1, 0.15) is 0 Å². The van der Waals surface area contributed by atoms with Gasteiger partial charge in [-0.2, -0.15) is 30.7 Å². The van der Waals surface area contributed by atoms with Crippen LogP contribution in [0.4, 0.5) is 30.7 Å². The van der Waals surface area contributed by atoms with Crippen molar-refractivity contribution in [1.82, 2.24) is 0 Å². The van der Waals surface area contributed by atoms with Crippen LogP contribution >= 0.6 is 11.6 Å². The first-order valence-electron chi connectivity index (χ1n) is 5.53. The molecule has 1 aromatic carbocycles. The number of rotatable bonds is 5. The summed E-state index contributed by atoms with van der Waals surface area (Å²) >= 11 is 5.70. The zero-order chi connectivity index (χ0) is 16.5. The molecule has 0 saturated carbocycles. The molecular weight excluding hydrogens is 329 g/mol. The van der Waals surface area contributed by atoms with Crippen molar-refractivity contribution in [2.45, 2.75) is 30.5 Å². The molecule has 1 atom stereocenters. The summed E-state index contributed by atoms with van der Waals surface area (Å²) < 4.78 is 93.2. The van der Waals surface area contributed by atoms with E-state index in [0.29, 0.717) is 0 Å². The molecule has 1 rings (SSSR count). The fourth-order valence-electron chi connectivity index (χ4n) is 1.62. The number of alkyl halides is 7. The molecule has 9 heteroatoms. The molecule has 0 amide bonds. The molecule has 0 heterocycles. The molecule has 120 valence electrons. The van der Waals surface area contributed by atoms with Crippen molar-refractivity contribution in [3.8, 4) is 0 Å². The molecule has 0 radical (unpaired) electrons. The average molecular weight is 339 g/mol. The number of benzene rings is 1. The second-order valence-corrected chi connectivity index (χ2v) is 4.63. The fraction of sp³-hybridized carbons (Fsp3) is 0.500. The Hall–Kier alpha value is -1.02. The maximum absolute atomic E-state index is 13.4. The fourth-order valence-corrected chi connectivity index (χ4v) is 1.88. The molecule has 1 aromatic rings. The zero-order valence-corrected chi connectivity index (χ0v) is 11.3. The summed E-state index contributed by atoms with van der Waals surface area (Å²) in [5.74, 6) is -11.5. The van der Waals surface area contributed by atoms with Crippen molar-refractivity contribution >= 4 is 11.6 Å². The van der Waals surface area contributed by atoms with E-state index in [1.807, 2.05) is 0 Å². The highest BCUT2D eigenvalue weighted by molar-refractivity contribution is 6.31. The van der Waals surface area contributed by atoms with Crippen molar-refractivity contribution in [3.05, 3.63) is 34.9 Å². The number of halogens is 8. The lowest BCUT2D eigenvalue weighted by Gasteiger charge is -2.30. The lowest BCUT2D eigenvalue weighted by molar-refractivity contribution is -0.358. The van der Waals surface area contributed by atoms with Crippen LogP contribution in [-0.2, 0) is 4.74 Å². The summed E-state index contributed by atoms with van der Waals surface area (Å²) in [7, 11) is 0.913. The molecule has 0 saturated heterocycles. The maximum atomic E-state index is 13.4. The van der Waals surface area contributed by atoms with E-state index in [-0.39, 0.29) is 10.6 Å². The highest BCUT2D eigenvalue weighted by Gasteiger charge is 2.73. The standard InChI is InChI=1S/C12H10ClF7O/c1-21-9(7-4-2-3-5-8(7)13)6-10(14,15)11(16,17)12(18,19)20/h2-5,9H,6H2,1H3. The van der Waals surface area contributed by atoms with Gasteiger partial charge in [-0.05, 0) is 11.6 Å². The predicted molar refractivity (Wildman–Crippen MR) is 61.8 cm³/mol. The lowest BCUT2D eigenvalue weighted by Crippen LogP contribution is -2.52. The van der Waals surface area contributed by atoms with E-state index in [1.54, 1.807) is 0 Å². The van der Waals surface area contributed by atoms with E-state index in [4.69, 9.17) is 11.6 Å². The summed E-state index contributed by atoms with van der Waals surface area (Å²) in [5, 5.41) is -0.0736. The summed E-state index contributed by atoms with van der Waals surface area (Å²) in [5.41, 5.74) is -0.0979. The molecule has 0 aliphatic carbocycles. The van der Waals surface area contributed by atoms with Gasteiger partial charge in [-0.3, -0.25) is 0 Å². The quantitative estimate of drug-likeness (QED) is 0.666. The van der Waals surface area contributed by atoms with Crippen LogP contribution in [0.1, 0.15) is 18.1 Å². The Morgan fingerprint density at radius 3 is 2.00 bits per heavy atom. The first-order chi connectivity index (χ1) is 9.44. The minimum atomic E-state index is -6.37. The topological polar surface area (TPSA) is 9.23 Å². The molecule has 1 nitrogen and oxygen atoms in total. The normalized spacial score (nSPS) is 15.1. The summed E-state index contributed by atoms with van der Waals surface area (Å²) in [6.07, 6.45) is -9.93. The van der Waals surface area contributed by atoms with Crippen molar-refractivity contribution in [2.75, 3.05) is 7.11 Å². The van der Waals surface area contributed by atoms with E-state index in [1.165, 1.54) is 24.3 Å². The predicted octanol–water partition coefficient (Wildman–Crippen LogP) is 5.25. The molecule has 0 aliphatic heterocycles. The van der Waals surface area contributed by atoms with Crippen molar-refractivity contribution in [2.24, 2.45) is 0 Å². The van der Waals surface area contributed by atoms with Crippen LogP contribution in [0, 0.1) is 0 Å². The molecule has 0 N–H and O–H groups in total. The largest absolute Gasteiger partial charge is 0.459 e. The third-order valence-electron chi connectivity index (χ3n) is 2.79. The monoisotopic (exact) mass is 338 g/mol. The Bertz CT molecular complexity index is 487. The van der Waals surface area contributed by atoms with Gasteiger partial charge in [-0.1, -0.05) is 29.8 Å². The zero-order valence-electron chi connectivity index (χ0n) is 10.5. The Morgan fingerprint density at radius 2 is 1.57 bits per heavy atom. The van der Waals surface area contributed by atoms with Crippen LogP contribution in [0.3, 0.4) is 0 Å². The van der Waals surface area contributed by atoms with Crippen LogP contribution in [0.2, 0.25) is 5.02 Å². The first-order valence-corrected chi connectivity index (χ1v) is 5.91. The highest BCUT2D eigenvalue weighted by atomic mass is 35.5.